The van der Waals surface area contributed by atoms with Gasteiger partial charge in [-0.2, -0.15) is 0 Å². The van der Waals surface area contributed by atoms with Gasteiger partial charge < -0.3 is 61.6 Å². The number of benzene rings is 2. The number of imide groups is 1. The van der Waals surface area contributed by atoms with Crippen LogP contribution < -0.4 is 37.6 Å². The lowest BCUT2D eigenvalue weighted by atomic mass is 9.89. The Kier molecular flexibility index (Phi) is 31.3. The van der Waals surface area contributed by atoms with Crippen molar-refractivity contribution in [3.05, 3.63) is 94.5 Å². The molecule has 27 heteroatoms. The van der Waals surface area contributed by atoms with Gasteiger partial charge in [0.2, 0.25) is 35.4 Å². The van der Waals surface area contributed by atoms with Crippen molar-refractivity contribution in [1.29, 1.82) is 0 Å². The Morgan fingerprint density at radius 3 is 2.07 bits per heavy atom. The molecule has 96 heavy (non-hydrogen) atoms. The number of likely N-dealkylation sites (N-methyl/N-ethyl adjacent to an activating group) is 2. The molecule has 1 saturated heterocycles. The molecule has 11 amide bonds. The number of likely N-dealkylation sites (tertiary alicyclic amines) is 1. The number of ether oxygens (including phenoxy) is 3. The van der Waals surface area contributed by atoms with Crippen LogP contribution in [0.15, 0.2) is 78.3 Å². The molecule has 0 saturated carbocycles. The number of aromatic nitrogens is 1. The van der Waals surface area contributed by atoms with E-state index >= 15 is 0 Å². The number of nitrogens with one attached hydrogen (secondary N) is 6. The van der Waals surface area contributed by atoms with Gasteiger partial charge in [0.05, 0.1) is 41.7 Å². The lowest BCUT2D eigenvalue weighted by molar-refractivity contribution is -0.147. The summed E-state index contributed by atoms with van der Waals surface area (Å²) in [4.78, 5) is 144. The minimum absolute atomic E-state index is 0.0259. The van der Waals surface area contributed by atoms with Gasteiger partial charge in [-0.25, -0.2) is 14.6 Å². The maximum absolute atomic E-state index is 14.8. The van der Waals surface area contributed by atoms with Crippen LogP contribution in [0.1, 0.15) is 149 Å². The Hall–Kier alpha value is -7.88. The van der Waals surface area contributed by atoms with Crippen LogP contribution >= 0.6 is 23.6 Å². The zero-order valence-electron chi connectivity index (χ0n) is 58.0. The average Bonchev–Trinajstić information content (AvgIpc) is 0.938. The molecule has 0 spiro atoms. The molecule has 528 valence electrons. The fraction of sp³-hybridized carbons (Fsp3) is 0.594. The molecule has 10 atom stereocenters. The number of amides is 11. The van der Waals surface area contributed by atoms with Gasteiger partial charge in [0.1, 0.15) is 35.3 Å². The van der Waals surface area contributed by atoms with Crippen molar-refractivity contribution in [2.45, 2.75) is 194 Å². The molecule has 3 heterocycles. The third-order valence-corrected chi connectivity index (χ3v) is 19.5. The molecular weight excluding hydrogens is 1270 g/mol. The van der Waals surface area contributed by atoms with E-state index < -0.39 is 83.6 Å². The van der Waals surface area contributed by atoms with Gasteiger partial charge >= 0.3 is 12.1 Å². The molecule has 8 N–H and O–H groups in total. The molecule has 0 radical (unpaired) electrons. The highest BCUT2D eigenvalue weighted by molar-refractivity contribution is 7.80. The van der Waals surface area contributed by atoms with Crippen LogP contribution in [0, 0.1) is 23.7 Å². The first-order valence-electron chi connectivity index (χ1n) is 33.2. The first-order valence-corrected chi connectivity index (χ1v) is 34.5. The van der Waals surface area contributed by atoms with Crippen LogP contribution in [0.4, 0.5) is 15.3 Å². The van der Waals surface area contributed by atoms with E-state index in [9.17, 15) is 47.9 Å². The van der Waals surface area contributed by atoms with E-state index in [0.29, 0.717) is 61.3 Å². The number of hydrogen-bond acceptors (Lipinski definition) is 16. The standard InChI is InChI=1S/C69H102N12O13S2/c1-14-44(6)59(52(92-12)40-56(85)80-37-22-26-51(80)60(93-13)45(7)63(95)75-50(64-71-35-38-96-64)39-46-23-17-15-18-24-46)78(10)65(88)58(43(4)5)77-66(89)69(8,9)79(11)68(91)94-41-47-28-30-48(31-29-47)73-61(86)49(25-21-34-72-67(70)90)74-62(87)57(42(2)3)76-53(82)27-19-16-20-36-81-54(83)32-33-55(81)84/h15,17-18,23-24,28-33,35,38,42-45,49-52,57-60H,14,16,19-22,25-27,34,36-37,39-41H2,1-13H3,(H,73,86)(H,74,87)(H,75,95)(H,76,82)(H,77,89)(H3,70,72,90)/t44-,45+,49-,50-,51-,52+,57-,58-,59-,60+/m0/s1. The topological polar surface area (TPSA) is 322 Å². The molecular formula is C69H102N12O13S2. The molecule has 0 bridgehead atoms. The van der Waals surface area contributed by atoms with Crippen LogP contribution in [0.3, 0.4) is 0 Å². The summed E-state index contributed by atoms with van der Waals surface area (Å²) in [7, 11) is 6.26. The minimum Gasteiger partial charge on any atom is -0.445 e. The maximum Gasteiger partial charge on any atom is 0.410 e. The predicted octanol–water partition coefficient (Wildman–Crippen LogP) is 6.95. The first-order chi connectivity index (χ1) is 45.5. The highest BCUT2D eigenvalue weighted by Gasteiger charge is 2.44. The largest absolute Gasteiger partial charge is 0.445 e. The number of hydrogen-bond donors (Lipinski definition) is 7. The van der Waals surface area contributed by atoms with Crippen molar-refractivity contribution in [3.8, 4) is 0 Å². The molecule has 5 rings (SSSR count). The summed E-state index contributed by atoms with van der Waals surface area (Å²) in [5.74, 6) is -4.66. The van der Waals surface area contributed by atoms with Crippen LogP contribution in [0.5, 0.6) is 0 Å². The van der Waals surface area contributed by atoms with Crippen molar-refractivity contribution in [2.75, 3.05) is 53.3 Å². The van der Waals surface area contributed by atoms with Crippen molar-refractivity contribution < 1.29 is 62.2 Å². The van der Waals surface area contributed by atoms with E-state index in [1.54, 1.807) is 74.7 Å². The zero-order valence-corrected chi connectivity index (χ0v) is 59.6. The Bertz CT molecular complexity index is 3120. The zero-order chi connectivity index (χ0) is 71.0. The molecule has 3 aromatic rings. The summed E-state index contributed by atoms with van der Waals surface area (Å²) in [6.45, 7) is 16.9. The molecule has 2 aliphatic heterocycles. The number of unbranched alkanes of at least 4 members (excludes halogenated alkanes) is 2. The predicted molar refractivity (Wildman–Crippen MR) is 371 cm³/mol. The van der Waals surface area contributed by atoms with Gasteiger partial charge in [-0.15, -0.1) is 11.3 Å². The van der Waals surface area contributed by atoms with E-state index in [1.165, 1.54) is 40.2 Å². The molecule has 0 unspecified atom stereocenters. The summed E-state index contributed by atoms with van der Waals surface area (Å²) in [6.07, 6.45) is 6.96. The molecule has 1 aromatic heterocycles. The Morgan fingerprint density at radius 2 is 1.48 bits per heavy atom. The number of primary amides is 1. The summed E-state index contributed by atoms with van der Waals surface area (Å²) in [5, 5.41) is 20.2. The van der Waals surface area contributed by atoms with Gasteiger partial charge in [-0.1, -0.05) is 116 Å². The fourth-order valence-corrected chi connectivity index (χ4v) is 12.8. The number of nitrogens with two attached hydrogens (primary N) is 1. The van der Waals surface area contributed by atoms with Crippen molar-refractivity contribution in [2.24, 2.45) is 29.4 Å². The number of thiazole rings is 1. The van der Waals surface area contributed by atoms with Crippen LogP contribution in [-0.2, 0) is 65.6 Å². The second kappa shape index (κ2) is 38.2. The van der Waals surface area contributed by atoms with Gasteiger partial charge in [0.15, 0.2) is 0 Å². The first kappa shape index (κ1) is 78.8. The minimum atomic E-state index is -1.54. The summed E-state index contributed by atoms with van der Waals surface area (Å²) in [5.41, 5.74) is 5.72. The third kappa shape index (κ3) is 22.6. The smallest absolute Gasteiger partial charge is 0.410 e. The second-order valence-corrected chi connectivity index (χ2v) is 27.4. The van der Waals surface area contributed by atoms with Crippen LogP contribution in [0.25, 0.3) is 0 Å². The summed E-state index contributed by atoms with van der Waals surface area (Å²) in [6, 6.07) is 11.6. The van der Waals surface area contributed by atoms with Gasteiger partial charge in [-0.05, 0) is 99.8 Å². The van der Waals surface area contributed by atoms with E-state index in [4.69, 9.17) is 32.2 Å². The number of rotatable bonds is 38. The van der Waals surface area contributed by atoms with E-state index in [1.807, 2.05) is 63.1 Å². The lowest BCUT2D eigenvalue weighted by Crippen LogP contribution is -2.62. The van der Waals surface area contributed by atoms with E-state index in [0.717, 1.165) is 26.8 Å². The van der Waals surface area contributed by atoms with Crippen molar-refractivity contribution in [3.63, 3.8) is 0 Å². The maximum atomic E-state index is 14.8. The number of anilines is 1. The fourth-order valence-electron chi connectivity index (χ4n) is 11.9. The van der Waals surface area contributed by atoms with Gasteiger partial charge in [0, 0.05) is 89.7 Å². The highest BCUT2D eigenvalue weighted by atomic mass is 32.1. The lowest BCUT2D eigenvalue weighted by Gasteiger charge is -2.41. The molecule has 2 aliphatic rings. The molecule has 2 aromatic carbocycles. The van der Waals surface area contributed by atoms with E-state index in [2.05, 4.69) is 49.0 Å². The SMILES string of the molecule is CC[C@H](C)[C@@H]([C@@H](CC(=O)N1CCC[C@H]1[C@H](OC)[C@@H](C)C(=S)N[C@@H](Cc1ccccc1)c1nccs1)OC)N(C)C(=O)[C@@H](NC(=O)C(C)(C)N(C)C(=O)OCc1ccc(NC(=O)[C@H](CCCNC(N)=O)NC(=O)[C@@H](NC(=O)CCCCCN2C(=O)C=CC2=O)C(C)C)cc1)C(C)C. The summed E-state index contributed by atoms with van der Waals surface area (Å²) < 4.78 is 18.0. The van der Waals surface area contributed by atoms with Gasteiger partial charge in [-0.3, -0.25) is 48.2 Å². The number of nitrogens with zero attached hydrogens (tertiary/aromatic N) is 5. The number of thiocarbonyl (C=S) groups is 1. The van der Waals surface area contributed by atoms with Gasteiger partial charge in [0.25, 0.3) is 11.8 Å². The molecule has 1 fully saturated rings. The molecule has 25 nitrogen and oxygen atoms in total. The number of methoxy groups -OCH3 is 2. The van der Waals surface area contributed by atoms with Crippen LogP contribution in [-0.4, -0.2) is 185 Å². The van der Waals surface area contributed by atoms with Crippen molar-refractivity contribution in [1.82, 2.24) is 51.2 Å². The number of carbonyl (C=O) groups excluding carboxylic acids is 10. The molecule has 0 aliphatic carbocycles. The Morgan fingerprint density at radius 1 is 0.812 bits per heavy atom. The summed E-state index contributed by atoms with van der Waals surface area (Å²) >= 11 is 7.65. The number of carbonyl (C=O) groups is 10. The number of urea groups is 1. The third-order valence-electron chi connectivity index (χ3n) is 18.1. The second-order valence-electron chi connectivity index (χ2n) is 26.0. The highest BCUT2D eigenvalue weighted by Crippen LogP contribution is 2.32. The van der Waals surface area contributed by atoms with Crippen LogP contribution in [0.2, 0.25) is 0 Å². The Balaban J connectivity index is 1.16. The normalized spacial score (nSPS) is 16.7. The quantitative estimate of drug-likeness (QED) is 0.0173. The Labute approximate surface area is 574 Å². The average molecular weight is 1370 g/mol. The monoisotopic (exact) mass is 1370 g/mol. The van der Waals surface area contributed by atoms with Crippen molar-refractivity contribution >= 4 is 93.6 Å². The van der Waals surface area contributed by atoms with E-state index in [-0.39, 0.29) is 98.8 Å².